The summed E-state index contributed by atoms with van der Waals surface area (Å²) in [6.07, 6.45) is 0. The Morgan fingerprint density at radius 1 is 0.565 bits per heavy atom. The smallest absolute Gasteiger partial charge is 0.744 e. The second-order valence-electron chi connectivity index (χ2n) is 8.47. The Bertz CT molecular complexity index is 2190. The molecular formula is C22H12N6Na2O14S2. The summed E-state index contributed by atoms with van der Waals surface area (Å²) in [4.78, 5) is 18.3. The first-order chi connectivity index (χ1) is 20.4. The number of nitrogens with zero attached hydrogens (tertiary/aromatic N) is 6. The molecule has 0 aliphatic rings. The molecule has 0 saturated carbocycles. The van der Waals surface area contributed by atoms with Gasteiger partial charge < -0.3 is 29.5 Å². The van der Waals surface area contributed by atoms with Gasteiger partial charge in [-0.2, -0.15) is 0 Å². The standard InChI is InChI=1S/C22H14N6O14S2.2Na/c29-17-8-18(30)14(24-26-22-16(28(35)36)3-10(27(33)34)4-20(22)32)7-13(17)23-25-15-5-11(43(37,38)39)1-9-2-12(44(40,41)42)6-19(31)21(9)15;;/h1-8,29-32H,(H,37,38,39)(H,40,41,42);;/q;2*+1/p-2. The topological polar surface area (TPSA) is 331 Å². The van der Waals surface area contributed by atoms with Crippen molar-refractivity contribution in [1.82, 2.24) is 0 Å². The van der Waals surface area contributed by atoms with Crippen molar-refractivity contribution in [2.45, 2.75) is 9.79 Å². The van der Waals surface area contributed by atoms with E-state index in [1.165, 1.54) is 0 Å². The molecule has 4 N–H and O–H groups in total. The number of azo groups is 2. The fourth-order valence-corrected chi connectivity index (χ4v) is 4.70. The first kappa shape index (κ1) is 38.3. The third-order valence-corrected chi connectivity index (χ3v) is 7.21. The molecule has 24 heteroatoms. The van der Waals surface area contributed by atoms with Gasteiger partial charge in [-0.15, -0.1) is 20.5 Å². The molecule has 4 aromatic rings. The molecule has 4 aromatic carbocycles. The number of hydrogen-bond donors (Lipinski definition) is 4. The van der Waals surface area contributed by atoms with E-state index in [1.54, 1.807) is 0 Å². The van der Waals surface area contributed by atoms with Crippen LogP contribution in [0.15, 0.2) is 78.8 Å². The zero-order chi connectivity index (χ0) is 32.7. The molecule has 0 radical (unpaired) electrons. The Labute approximate surface area is 300 Å². The van der Waals surface area contributed by atoms with Gasteiger partial charge in [-0.25, -0.2) is 16.8 Å². The second-order valence-corrected chi connectivity index (χ2v) is 11.2. The van der Waals surface area contributed by atoms with Crippen LogP contribution >= 0.6 is 0 Å². The van der Waals surface area contributed by atoms with E-state index in [1.807, 2.05) is 0 Å². The summed E-state index contributed by atoms with van der Waals surface area (Å²) in [5, 5.41) is 76.7. The van der Waals surface area contributed by atoms with E-state index in [4.69, 9.17) is 0 Å². The van der Waals surface area contributed by atoms with E-state index >= 15 is 0 Å². The first-order valence-corrected chi connectivity index (χ1v) is 14.0. The van der Waals surface area contributed by atoms with Gasteiger partial charge in [0.05, 0.1) is 42.8 Å². The molecule has 0 aliphatic carbocycles. The molecule has 0 aliphatic heterocycles. The van der Waals surface area contributed by atoms with E-state index in [9.17, 15) is 66.6 Å². The van der Waals surface area contributed by atoms with Crippen LogP contribution in [0.4, 0.5) is 34.1 Å². The molecular weight excluding hydrogens is 682 g/mol. The van der Waals surface area contributed by atoms with E-state index in [0.717, 1.165) is 6.07 Å². The number of nitro groups is 2. The van der Waals surface area contributed by atoms with E-state index in [0.29, 0.717) is 42.5 Å². The summed E-state index contributed by atoms with van der Waals surface area (Å²) in [6, 6.07) is 5.05. The molecule has 0 heterocycles. The van der Waals surface area contributed by atoms with Gasteiger partial charge in [0.1, 0.15) is 48.9 Å². The summed E-state index contributed by atoms with van der Waals surface area (Å²) in [6.45, 7) is 0. The Morgan fingerprint density at radius 2 is 1.07 bits per heavy atom. The molecule has 0 bridgehead atoms. The number of rotatable bonds is 8. The monoisotopic (exact) mass is 694 g/mol. The average molecular weight is 694 g/mol. The van der Waals surface area contributed by atoms with Crippen molar-refractivity contribution in [3.8, 4) is 23.0 Å². The number of fused-ring (bicyclic) bond motifs is 1. The van der Waals surface area contributed by atoms with Gasteiger partial charge in [-0.1, -0.05) is 0 Å². The fraction of sp³-hybridized carbons (Fsp3) is 0. The Morgan fingerprint density at radius 3 is 1.57 bits per heavy atom. The number of phenolic OH excluding ortho intramolecular Hbond substituents is 4. The maximum Gasteiger partial charge on any atom is 1.00 e. The molecule has 0 atom stereocenters. The number of aromatic hydroxyl groups is 4. The van der Waals surface area contributed by atoms with Crippen molar-refractivity contribution in [1.29, 1.82) is 0 Å². The van der Waals surface area contributed by atoms with Crippen molar-refractivity contribution in [3.05, 3.63) is 68.8 Å². The first-order valence-electron chi connectivity index (χ1n) is 11.1. The number of phenols is 4. The Balaban J connectivity index is 0.00000368. The van der Waals surface area contributed by atoms with Gasteiger partial charge in [0.15, 0.2) is 5.75 Å². The van der Waals surface area contributed by atoms with Crippen LogP contribution in [0, 0.1) is 20.2 Å². The van der Waals surface area contributed by atoms with Crippen LogP contribution in [0.3, 0.4) is 0 Å². The van der Waals surface area contributed by atoms with E-state index in [-0.39, 0.29) is 64.5 Å². The molecule has 228 valence electrons. The molecule has 0 spiro atoms. The van der Waals surface area contributed by atoms with Crippen LogP contribution in [-0.2, 0) is 20.2 Å². The maximum atomic E-state index is 11.7. The van der Waals surface area contributed by atoms with E-state index in [2.05, 4.69) is 20.5 Å². The van der Waals surface area contributed by atoms with E-state index < -0.39 is 102 Å². The van der Waals surface area contributed by atoms with Crippen LogP contribution in [0.25, 0.3) is 10.8 Å². The van der Waals surface area contributed by atoms with Gasteiger partial charge in [-0.3, -0.25) is 20.2 Å². The predicted molar refractivity (Wildman–Crippen MR) is 141 cm³/mol. The number of nitro benzene ring substituents is 2. The molecule has 0 aromatic heterocycles. The summed E-state index contributed by atoms with van der Waals surface area (Å²) >= 11 is 0. The Hall–Kier alpha value is -3.84. The van der Waals surface area contributed by atoms with Gasteiger partial charge in [-0.05, 0) is 29.7 Å². The van der Waals surface area contributed by atoms with Crippen molar-refractivity contribution < 1.29 is 115 Å². The summed E-state index contributed by atoms with van der Waals surface area (Å²) in [5.74, 6) is -3.46. The normalized spacial score (nSPS) is 11.8. The average Bonchev–Trinajstić information content (AvgIpc) is 2.90. The van der Waals surface area contributed by atoms with Gasteiger partial charge in [0.2, 0.25) is 5.69 Å². The van der Waals surface area contributed by atoms with Crippen LogP contribution in [-0.4, -0.2) is 56.2 Å². The predicted octanol–water partition coefficient (Wildman–Crippen LogP) is -1.87. The maximum absolute atomic E-state index is 11.7. The minimum Gasteiger partial charge on any atom is -0.744 e. The molecule has 20 nitrogen and oxygen atoms in total. The molecule has 0 amide bonds. The van der Waals surface area contributed by atoms with Crippen molar-refractivity contribution in [2.75, 3.05) is 0 Å². The summed E-state index contributed by atoms with van der Waals surface area (Å²) in [7, 11) is -10.4. The largest absolute Gasteiger partial charge is 1.00 e. The zero-order valence-corrected chi connectivity index (χ0v) is 28.6. The molecule has 4 rings (SSSR count). The summed E-state index contributed by atoms with van der Waals surface area (Å²) in [5.41, 5.74) is -4.36. The van der Waals surface area contributed by atoms with Gasteiger partial charge in [0, 0.05) is 12.1 Å². The number of non-ortho nitro benzene ring substituents is 1. The molecule has 0 unspecified atom stereocenters. The van der Waals surface area contributed by atoms with Gasteiger partial charge >= 0.3 is 64.8 Å². The number of hydrogen-bond acceptors (Lipinski definition) is 18. The second kappa shape index (κ2) is 14.3. The zero-order valence-electron chi connectivity index (χ0n) is 23.0. The fourth-order valence-electron chi connectivity index (χ4n) is 3.65. The van der Waals surface area contributed by atoms with Crippen molar-refractivity contribution in [2.24, 2.45) is 20.5 Å². The van der Waals surface area contributed by atoms with Gasteiger partial charge in [0.25, 0.3) is 5.69 Å². The molecule has 46 heavy (non-hydrogen) atoms. The SMILES string of the molecule is O=[N+]([O-])c1cc(O)c(N=Nc2cc(N=Nc3cc(S(=O)(=O)[O-])cc4cc(S(=O)(=O)[O-])cc(O)c34)c(O)cc2O)c([N+](=O)[O-])c1.[Na+].[Na+]. The van der Waals surface area contributed by atoms with Crippen molar-refractivity contribution in [3.63, 3.8) is 0 Å². The Kier molecular flexibility index (Phi) is 11.9. The quantitative estimate of drug-likeness (QED) is 0.0516. The van der Waals surface area contributed by atoms with Crippen LogP contribution < -0.4 is 59.1 Å². The molecule has 0 fully saturated rings. The molecule has 0 saturated heterocycles. The third-order valence-electron chi connectivity index (χ3n) is 5.59. The van der Waals surface area contributed by atoms with Crippen LogP contribution in [0.5, 0.6) is 23.0 Å². The minimum atomic E-state index is -5.21. The summed E-state index contributed by atoms with van der Waals surface area (Å²) < 4.78 is 69.3. The number of benzene rings is 4. The third kappa shape index (κ3) is 8.30. The van der Waals surface area contributed by atoms with Crippen LogP contribution in [0.1, 0.15) is 0 Å². The minimum absolute atomic E-state index is 0. The van der Waals surface area contributed by atoms with Crippen LogP contribution in [0.2, 0.25) is 0 Å². The van der Waals surface area contributed by atoms with Crippen molar-refractivity contribution >= 4 is 65.1 Å².